The van der Waals surface area contributed by atoms with E-state index in [0.29, 0.717) is 35.8 Å². The van der Waals surface area contributed by atoms with Crippen LogP contribution in [0.3, 0.4) is 0 Å². The van der Waals surface area contributed by atoms with Crippen LogP contribution in [-0.4, -0.2) is 45.1 Å². The number of ether oxygens (including phenoxy) is 2. The number of anilines is 1. The standard InChI is InChI=1S/C27H19N3O7S/c1-14-5-7-18-21(11-14)38-27(28-18)29-23(15-3-2-4-17(12-15)30(34)35)22(25(32)26(29)33)24(31)16-6-8-19-20(13-16)37-10-9-36-19/h2-8,11-13,23H,9-10H2,1H3,(H-,31,32,34,35)/p+1/t23-/m0/s1. The summed E-state index contributed by atoms with van der Waals surface area (Å²) in [7, 11) is 0. The predicted octanol–water partition coefficient (Wildman–Crippen LogP) is 4.96. The first kappa shape index (κ1) is 23.6. The molecular formula is C27H20N3O7S+. The van der Waals surface area contributed by atoms with Crippen LogP contribution < -0.4 is 14.4 Å². The van der Waals surface area contributed by atoms with Crippen molar-refractivity contribution in [1.29, 1.82) is 0 Å². The van der Waals surface area contributed by atoms with Gasteiger partial charge in [-0.3, -0.25) is 14.5 Å². The second-order valence-corrected chi connectivity index (χ2v) is 9.87. The quantitative estimate of drug-likeness (QED) is 0.274. The van der Waals surface area contributed by atoms with Gasteiger partial charge in [-0.05, 0) is 48.4 Å². The Labute approximate surface area is 219 Å². The van der Waals surface area contributed by atoms with E-state index >= 15 is 0 Å². The van der Waals surface area contributed by atoms with Crippen LogP contribution in [0.2, 0.25) is 0 Å². The Balaban J connectivity index is 1.50. The maximum atomic E-state index is 13.9. The Morgan fingerprint density at radius 3 is 2.66 bits per heavy atom. The largest absolute Gasteiger partial charge is 0.503 e. The number of aliphatic hydroxyl groups excluding tert-OH is 1. The highest BCUT2D eigenvalue weighted by molar-refractivity contribution is 7.22. The molecule has 0 bridgehead atoms. The molecule has 11 heteroatoms. The Bertz CT molecular complexity index is 1690. The summed E-state index contributed by atoms with van der Waals surface area (Å²) < 4.78 is 12.0. The van der Waals surface area contributed by atoms with Crippen molar-refractivity contribution in [2.24, 2.45) is 0 Å². The monoisotopic (exact) mass is 530 g/mol. The average molecular weight is 531 g/mol. The lowest BCUT2D eigenvalue weighted by Crippen LogP contribution is -2.31. The lowest BCUT2D eigenvalue weighted by molar-refractivity contribution is -0.729. The van der Waals surface area contributed by atoms with Gasteiger partial charge in [-0.2, -0.15) is 0 Å². The number of aryl methyl sites for hydroxylation is 1. The smallest absolute Gasteiger partial charge is 0.316 e. The zero-order valence-corrected chi connectivity index (χ0v) is 20.8. The number of Topliss-reactive ketones (excluding diaryl/α,β-unsaturated/α-hetero) is 1. The van der Waals surface area contributed by atoms with Crippen LogP contribution >= 0.6 is 11.3 Å². The molecule has 38 heavy (non-hydrogen) atoms. The lowest BCUT2D eigenvalue weighted by atomic mass is 9.92. The highest BCUT2D eigenvalue weighted by Crippen LogP contribution is 2.45. The second-order valence-electron chi connectivity index (χ2n) is 8.86. The maximum Gasteiger partial charge on any atom is 0.316 e. The third-order valence-electron chi connectivity index (χ3n) is 6.40. The number of hydrogen-bond donors (Lipinski definition) is 2. The van der Waals surface area contributed by atoms with Gasteiger partial charge in [0.05, 0.1) is 26.7 Å². The number of rotatable bonds is 5. The van der Waals surface area contributed by atoms with Crippen molar-refractivity contribution >= 4 is 44.1 Å². The summed E-state index contributed by atoms with van der Waals surface area (Å²) in [6.45, 7) is 2.65. The average Bonchev–Trinajstić information content (AvgIpc) is 3.45. The minimum absolute atomic E-state index is 0.104. The molecule has 1 aromatic heterocycles. The molecule has 0 radical (unpaired) electrons. The molecule has 0 aliphatic carbocycles. The summed E-state index contributed by atoms with van der Waals surface area (Å²) in [5, 5.41) is 20.8. The lowest BCUT2D eigenvalue weighted by Gasteiger charge is -2.24. The van der Waals surface area contributed by atoms with Crippen LogP contribution in [0.4, 0.5) is 10.8 Å². The van der Waals surface area contributed by atoms with Crippen molar-refractivity contribution in [3.8, 4) is 11.5 Å². The number of benzene rings is 3. The number of aromatic nitrogens is 1. The van der Waals surface area contributed by atoms with Gasteiger partial charge in [0.2, 0.25) is 0 Å². The summed E-state index contributed by atoms with van der Waals surface area (Å²) in [5.74, 6) is -1.27. The second kappa shape index (κ2) is 8.96. The van der Waals surface area contributed by atoms with E-state index in [1.54, 1.807) is 12.1 Å². The van der Waals surface area contributed by atoms with Crippen molar-refractivity contribution in [3.63, 3.8) is 0 Å². The maximum absolute atomic E-state index is 13.9. The number of fused-ring (bicyclic) bond motifs is 2. The Morgan fingerprint density at radius 2 is 1.87 bits per heavy atom. The van der Waals surface area contributed by atoms with Crippen molar-refractivity contribution < 1.29 is 34.3 Å². The number of carbonyl (C=O) groups is 2. The van der Waals surface area contributed by atoms with Gasteiger partial charge < -0.3 is 14.6 Å². The SMILES string of the molecule is Cc1ccc2nc(N3C(=O)C(O)=C(C(=O)c4ccc5c(c4)OCCO5)[C@@H]3c3cccc([N+](=O)O)c3)sc2c1. The molecule has 3 aromatic carbocycles. The van der Waals surface area contributed by atoms with Crippen LogP contribution in [0.15, 0.2) is 72.0 Å². The third-order valence-corrected chi connectivity index (χ3v) is 7.42. The van der Waals surface area contributed by atoms with Crippen molar-refractivity contribution in [2.45, 2.75) is 13.0 Å². The molecule has 6 rings (SSSR count). The molecule has 0 fully saturated rings. The number of hydrogen-bond acceptors (Lipinski definition) is 8. The Morgan fingerprint density at radius 1 is 1.08 bits per heavy atom. The van der Waals surface area contributed by atoms with E-state index in [2.05, 4.69) is 4.98 Å². The number of nitrogens with zero attached hydrogens (tertiary/aromatic N) is 3. The molecule has 2 N–H and O–H groups in total. The van der Waals surface area contributed by atoms with Crippen molar-refractivity contribution in [2.75, 3.05) is 18.1 Å². The molecule has 190 valence electrons. The topological polar surface area (TPSA) is 129 Å². The van der Waals surface area contributed by atoms with Crippen molar-refractivity contribution in [3.05, 3.63) is 93.6 Å². The van der Waals surface area contributed by atoms with E-state index in [1.807, 2.05) is 25.1 Å². The van der Waals surface area contributed by atoms with Crippen molar-refractivity contribution in [1.82, 2.24) is 4.98 Å². The number of thiazole rings is 1. The fourth-order valence-corrected chi connectivity index (χ4v) is 5.72. The van der Waals surface area contributed by atoms with E-state index in [9.17, 15) is 24.8 Å². The van der Waals surface area contributed by atoms with Gasteiger partial charge in [0.15, 0.2) is 28.2 Å². The zero-order valence-electron chi connectivity index (χ0n) is 20.0. The molecule has 2 aliphatic heterocycles. The van der Waals surface area contributed by atoms with E-state index in [1.165, 1.54) is 46.6 Å². The Kier molecular flexibility index (Phi) is 5.57. The van der Waals surface area contributed by atoms with Gasteiger partial charge in [0, 0.05) is 17.7 Å². The van der Waals surface area contributed by atoms with Gasteiger partial charge in [0.1, 0.15) is 13.2 Å². The molecule has 1 amide bonds. The minimum Gasteiger partial charge on any atom is -0.503 e. The molecule has 3 heterocycles. The summed E-state index contributed by atoms with van der Waals surface area (Å²) >= 11 is 1.24. The Hall–Kier alpha value is -4.77. The summed E-state index contributed by atoms with van der Waals surface area (Å²) in [5.41, 5.74) is 1.88. The number of carbonyl (C=O) groups excluding carboxylic acids is 2. The first-order valence-electron chi connectivity index (χ1n) is 11.7. The normalized spacial score (nSPS) is 16.8. The van der Waals surface area contributed by atoms with Crippen LogP contribution in [0, 0.1) is 11.8 Å². The molecule has 2 aliphatic rings. The number of ketones is 1. The predicted molar refractivity (Wildman–Crippen MR) is 138 cm³/mol. The molecular weight excluding hydrogens is 510 g/mol. The van der Waals surface area contributed by atoms with E-state index in [-0.39, 0.29) is 26.9 Å². The fourth-order valence-electron chi connectivity index (χ4n) is 4.63. The molecule has 0 unspecified atom stereocenters. The minimum atomic E-state index is -1.12. The van der Waals surface area contributed by atoms with Gasteiger partial charge in [0.25, 0.3) is 10.8 Å². The number of amides is 1. The summed E-state index contributed by atoms with van der Waals surface area (Å²) in [6, 6.07) is 15.0. The molecule has 4 aromatic rings. The molecule has 10 nitrogen and oxygen atoms in total. The zero-order chi connectivity index (χ0) is 26.6. The van der Waals surface area contributed by atoms with E-state index < -0.39 is 23.5 Å². The summed E-state index contributed by atoms with van der Waals surface area (Å²) in [6.07, 6.45) is 0. The first-order chi connectivity index (χ1) is 18.3. The molecule has 0 saturated carbocycles. The third kappa shape index (κ3) is 3.84. The number of aliphatic hydroxyl groups is 1. The van der Waals surface area contributed by atoms with E-state index in [0.717, 1.165) is 10.3 Å². The molecule has 1 atom stereocenters. The fraction of sp³-hybridized carbons (Fsp3) is 0.148. The van der Waals surface area contributed by atoms with Crippen LogP contribution in [0.1, 0.15) is 27.5 Å². The summed E-state index contributed by atoms with van der Waals surface area (Å²) in [4.78, 5) is 44.5. The van der Waals surface area contributed by atoms with Crippen LogP contribution in [0.5, 0.6) is 11.5 Å². The van der Waals surface area contributed by atoms with Gasteiger partial charge in [-0.15, -0.1) is 0 Å². The highest BCUT2D eigenvalue weighted by Gasteiger charge is 2.46. The van der Waals surface area contributed by atoms with Crippen LogP contribution in [-0.2, 0) is 4.79 Å². The first-order valence-corrected chi connectivity index (χ1v) is 12.5. The molecule has 0 spiro atoms. The van der Waals surface area contributed by atoms with Gasteiger partial charge in [-0.25, -0.2) is 10.2 Å². The highest BCUT2D eigenvalue weighted by atomic mass is 32.1. The van der Waals surface area contributed by atoms with Crippen LogP contribution in [0.25, 0.3) is 10.2 Å². The van der Waals surface area contributed by atoms with Gasteiger partial charge in [-0.1, -0.05) is 29.5 Å². The molecule has 0 saturated heterocycles. The van der Waals surface area contributed by atoms with Gasteiger partial charge >= 0.3 is 5.69 Å². The van der Waals surface area contributed by atoms with E-state index in [4.69, 9.17) is 9.47 Å².